The van der Waals surface area contributed by atoms with Crippen LogP contribution in [0.15, 0.2) is 10.6 Å². The molecule has 0 saturated carbocycles. The van der Waals surface area contributed by atoms with Gasteiger partial charge in [0, 0.05) is 30.6 Å². The molecule has 0 bridgehead atoms. The number of hydrogen-bond acceptors (Lipinski definition) is 4. The number of nitrogens with two attached hydrogens (primary N) is 1. The molecular formula is C15H25N3O2. The maximum Gasteiger partial charge on any atom is 0.276 e. The summed E-state index contributed by atoms with van der Waals surface area (Å²) in [5.41, 5.74) is 6.28. The lowest BCUT2D eigenvalue weighted by Crippen LogP contribution is -2.54. The van der Waals surface area contributed by atoms with Gasteiger partial charge in [-0.25, -0.2) is 0 Å². The first-order valence-corrected chi connectivity index (χ1v) is 7.13. The molecule has 1 aromatic rings. The molecule has 0 radical (unpaired) electrons. The standard InChI is InChI=1S/C15H25N3O2/c1-14(2,3)12-8-10(17-20-12)13(19)18-7-6-11(16)15(4,5)9-18/h8,11H,6-7,9,16H2,1-5H3. The second kappa shape index (κ2) is 4.88. The van der Waals surface area contributed by atoms with E-state index in [9.17, 15) is 4.79 Å². The number of carbonyl (C=O) groups is 1. The van der Waals surface area contributed by atoms with E-state index in [-0.39, 0.29) is 22.8 Å². The Morgan fingerprint density at radius 2 is 2.15 bits per heavy atom. The molecule has 2 rings (SSSR count). The summed E-state index contributed by atoms with van der Waals surface area (Å²) < 4.78 is 5.29. The Bertz CT molecular complexity index is 499. The van der Waals surface area contributed by atoms with Crippen molar-refractivity contribution in [2.45, 2.75) is 52.5 Å². The van der Waals surface area contributed by atoms with Crippen molar-refractivity contribution in [1.82, 2.24) is 10.1 Å². The van der Waals surface area contributed by atoms with Crippen molar-refractivity contribution in [2.24, 2.45) is 11.1 Å². The van der Waals surface area contributed by atoms with E-state index in [0.29, 0.717) is 18.8 Å². The molecule has 1 amide bonds. The molecule has 1 atom stereocenters. The molecule has 1 fully saturated rings. The number of nitrogens with zero attached hydrogens (tertiary/aromatic N) is 2. The minimum atomic E-state index is -0.144. The van der Waals surface area contributed by atoms with Crippen molar-refractivity contribution < 1.29 is 9.32 Å². The maximum absolute atomic E-state index is 12.5. The molecule has 1 aliphatic heterocycles. The van der Waals surface area contributed by atoms with Crippen LogP contribution in [-0.2, 0) is 5.41 Å². The lowest BCUT2D eigenvalue weighted by molar-refractivity contribution is 0.0523. The molecule has 20 heavy (non-hydrogen) atoms. The topological polar surface area (TPSA) is 72.4 Å². The number of aromatic nitrogens is 1. The zero-order valence-electron chi connectivity index (χ0n) is 13.1. The van der Waals surface area contributed by atoms with Crippen LogP contribution in [-0.4, -0.2) is 35.1 Å². The highest BCUT2D eigenvalue weighted by Gasteiger charge is 2.36. The Hall–Kier alpha value is -1.36. The first kappa shape index (κ1) is 15.0. The van der Waals surface area contributed by atoms with Gasteiger partial charge in [-0.15, -0.1) is 0 Å². The van der Waals surface area contributed by atoms with Gasteiger partial charge >= 0.3 is 0 Å². The van der Waals surface area contributed by atoms with Crippen LogP contribution in [0.4, 0.5) is 0 Å². The van der Waals surface area contributed by atoms with Crippen molar-refractivity contribution in [3.63, 3.8) is 0 Å². The van der Waals surface area contributed by atoms with Crippen molar-refractivity contribution >= 4 is 5.91 Å². The smallest absolute Gasteiger partial charge is 0.276 e. The number of piperidine rings is 1. The van der Waals surface area contributed by atoms with Gasteiger partial charge in [-0.1, -0.05) is 39.8 Å². The molecule has 1 aromatic heterocycles. The fourth-order valence-corrected chi connectivity index (χ4v) is 2.44. The molecule has 2 N–H and O–H groups in total. The van der Waals surface area contributed by atoms with Gasteiger partial charge in [0.05, 0.1) is 0 Å². The molecule has 5 heteroatoms. The Balaban J connectivity index is 2.14. The third-order valence-corrected chi connectivity index (χ3v) is 4.07. The van der Waals surface area contributed by atoms with E-state index in [1.165, 1.54) is 0 Å². The first-order valence-electron chi connectivity index (χ1n) is 7.13. The molecule has 0 aliphatic carbocycles. The van der Waals surface area contributed by atoms with Crippen LogP contribution < -0.4 is 5.73 Å². The molecular weight excluding hydrogens is 254 g/mol. The summed E-state index contributed by atoms with van der Waals surface area (Å²) in [5.74, 6) is 0.665. The number of amides is 1. The molecule has 0 aromatic carbocycles. The first-order chi connectivity index (χ1) is 9.11. The minimum absolute atomic E-state index is 0.0650. The van der Waals surface area contributed by atoms with Gasteiger partial charge < -0.3 is 15.2 Å². The van der Waals surface area contributed by atoms with E-state index in [1.54, 1.807) is 6.07 Å². The van der Waals surface area contributed by atoms with Gasteiger partial charge in [0.15, 0.2) is 5.69 Å². The number of likely N-dealkylation sites (tertiary alicyclic amines) is 1. The highest BCUT2D eigenvalue weighted by molar-refractivity contribution is 5.92. The van der Waals surface area contributed by atoms with Gasteiger partial charge in [-0.05, 0) is 11.8 Å². The molecule has 1 aliphatic rings. The third kappa shape index (κ3) is 2.87. The molecule has 1 unspecified atom stereocenters. The average molecular weight is 279 g/mol. The van der Waals surface area contributed by atoms with Gasteiger partial charge in [0.1, 0.15) is 5.76 Å². The van der Waals surface area contributed by atoms with Crippen molar-refractivity contribution in [1.29, 1.82) is 0 Å². The summed E-state index contributed by atoms with van der Waals surface area (Å²) in [6.07, 6.45) is 0.822. The molecule has 0 spiro atoms. The number of rotatable bonds is 1. The molecule has 5 nitrogen and oxygen atoms in total. The Morgan fingerprint density at radius 1 is 1.50 bits per heavy atom. The Kier molecular flexibility index (Phi) is 3.67. The van der Waals surface area contributed by atoms with Crippen LogP contribution in [0.5, 0.6) is 0 Å². The van der Waals surface area contributed by atoms with E-state index in [2.05, 4.69) is 19.0 Å². The third-order valence-electron chi connectivity index (χ3n) is 4.07. The maximum atomic E-state index is 12.5. The quantitative estimate of drug-likeness (QED) is 0.855. The van der Waals surface area contributed by atoms with Crippen LogP contribution in [0, 0.1) is 5.41 Å². The van der Waals surface area contributed by atoms with Crippen LogP contribution >= 0.6 is 0 Å². The Morgan fingerprint density at radius 3 is 2.65 bits per heavy atom. The highest BCUT2D eigenvalue weighted by Crippen LogP contribution is 2.29. The van der Waals surface area contributed by atoms with Gasteiger partial charge in [-0.3, -0.25) is 4.79 Å². The Labute approximate surface area is 120 Å². The summed E-state index contributed by atoms with van der Waals surface area (Å²) in [6, 6.07) is 1.89. The van der Waals surface area contributed by atoms with Gasteiger partial charge in [0.25, 0.3) is 5.91 Å². The average Bonchev–Trinajstić information content (AvgIpc) is 2.80. The summed E-state index contributed by atoms with van der Waals surface area (Å²) in [5, 5.41) is 3.93. The van der Waals surface area contributed by atoms with E-state index in [4.69, 9.17) is 10.3 Å². The number of hydrogen-bond donors (Lipinski definition) is 1. The monoisotopic (exact) mass is 279 g/mol. The minimum Gasteiger partial charge on any atom is -0.360 e. The van der Waals surface area contributed by atoms with Crippen LogP contribution in [0.1, 0.15) is 57.3 Å². The molecule has 2 heterocycles. The predicted octanol–water partition coefficient (Wildman–Crippen LogP) is 2.17. The fourth-order valence-electron chi connectivity index (χ4n) is 2.44. The van der Waals surface area contributed by atoms with E-state index in [0.717, 1.165) is 12.2 Å². The van der Waals surface area contributed by atoms with Gasteiger partial charge in [-0.2, -0.15) is 0 Å². The van der Waals surface area contributed by atoms with Crippen LogP contribution in [0.3, 0.4) is 0 Å². The molecule has 112 valence electrons. The number of carbonyl (C=O) groups excluding carboxylic acids is 1. The molecule has 1 saturated heterocycles. The summed E-state index contributed by atoms with van der Waals surface area (Å²) in [7, 11) is 0. The normalized spacial score (nSPS) is 22.9. The zero-order valence-corrected chi connectivity index (χ0v) is 13.1. The van der Waals surface area contributed by atoms with Gasteiger partial charge in [0.2, 0.25) is 0 Å². The zero-order chi connectivity index (χ0) is 15.1. The second-order valence-electron chi connectivity index (χ2n) is 7.44. The van der Waals surface area contributed by atoms with Crippen LogP contribution in [0.2, 0.25) is 0 Å². The van der Waals surface area contributed by atoms with Crippen molar-refractivity contribution in [3.05, 3.63) is 17.5 Å². The summed E-state index contributed by atoms with van der Waals surface area (Å²) in [6.45, 7) is 11.6. The highest BCUT2D eigenvalue weighted by atomic mass is 16.5. The lowest BCUT2D eigenvalue weighted by Gasteiger charge is -2.42. The van der Waals surface area contributed by atoms with E-state index >= 15 is 0 Å². The fraction of sp³-hybridized carbons (Fsp3) is 0.733. The SMILES string of the molecule is CC(C)(C)c1cc(C(=O)N2CCC(N)C(C)(C)C2)no1. The van der Waals surface area contributed by atoms with E-state index < -0.39 is 0 Å². The second-order valence-corrected chi connectivity index (χ2v) is 7.44. The summed E-state index contributed by atoms with van der Waals surface area (Å²) in [4.78, 5) is 14.3. The van der Waals surface area contributed by atoms with Crippen molar-refractivity contribution in [3.8, 4) is 0 Å². The van der Waals surface area contributed by atoms with Crippen LogP contribution in [0.25, 0.3) is 0 Å². The van der Waals surface area contributed by atoms with Crippen molar-refractivity contribution in [2.75, 3.05) is 13.1 Å². The lowest BCUT2D eigenvalue weighted by atomic mass is 9.79. The summed E-state index contributed by atoms with van der Waals surface area (Å²) >= 11 is 0. The predicted molar refractivity (Wildman–Crippen MR) is 77.5 cm³/mol. The van der Waals surface area contributed by atoms with E-state index in [1.807, 2.05) is 25.7 Å². The largest absolute Gasteiger partial charge is 0.360 e.